The van der Waals surface area contributed by atoms with Gasteiger partial charge in [0.05, 0.1) is 12.7 Å². The van der Waals surface area contributed by atoms with E-state index >= 15 is 0 Å². The van der Waals surface area contributed by atoms with Gasteiger partial charge in [0.25, 0.3) is 0 Å². The first-order valence-corrected chi connectivity index (χ1v) is 8.76. The molecular formula is C19H25NO4. The van der Waals surface area contributed by atoms with Crippen LogP contribution in [0.4, 0.5) is 4.79 Å². The van der Waals surface area contributed by atoms with Crippen LogP contribution in [0.1, 0.15) is 50.5 Å². The lowest BCUT2D eigenvalue weighted by molar-refractivity contribution is -0.122. The Kier molecular flexibility index (Phi) is 5.19. The number of Topliss-reactive ketones (excluding diaryl/α,β-unsaturated/α-hetero) is 1. The number of hydrogen-bond donors (Lipinski definition) is 1. The van der Waals surface area contributed by atoms with Crippen LogP contribution < -0.4 is 0 Å². The third kappa shape index (κ3) is 3.61. The Bertz CT molecular complexity index is 580. The van der Waals surface area contributed by atoms with Gasteiger partial charge in [0.1, 0.15) is 6.04 Å². The SMILES string of the molecule is C[C@@H]1CC(=O)[C@@H](COC2CCC(c3ccccc3)CC2)N1C(=O)O. The summed E-state index contributed by atoms with van der Waals surface area (Å²) in [6.45, 7) is 1.97. The molecule has 1 amide bonds. The van der Waals surface area contributed by atoms with Crippen LogP contribution in [-0.2, 0) is 9.53 Å². The quantitative estimate of drug-likeness (QED) is 0.918. The summed E-state index contributed by atoms with van der Waals surface area (Å²) in [5.74, 6) is 0.553. The molecule has 1 saturated carbocycles. The summed E-state index contributed by atoms with van der Waals surface area (Å²) < 4.78 is 5.92. The summed E-state index contributed by atoms with van der Waals surface area (Å²) in [5, 5.41) is 9.29. The number of hydrogen-bond acceptors (Lipinski definition) is 3. The molecule has 3 rings (SSSR count). The summed E-state index contributed by atoms with van der Waals surface area (Å²) in [7, 11) is 0. The van der Waals surface area contributed by atoms with E-state index in [0.29, 0.717) is 12.3 Å². The van der Waals surface area contributed by atoms with Crippen LogP contribution in [0, 0.1) is 0 Å². The number of carbonyl (C=O) groups is 2. The molecule has 1 aliphatic carbocycles. The standard InChI is InChI=1S/C19H25NO4/c1-13-11-18(21)17(20(13)19(22)23)12-24-16-9-7-15(8-10-16)14-5-3-2-4-6-14/h2-6,13,15-17H,7-12H2,1H3,(H,22,23)/t13-,15?,16?,17-/m1/s1. The highest BCUT2D eigenvalue weighted by atomic mass is 16.5. The van der Waals surface area contributed by atoms with Crippen molar-refractivity contribution >= 4 is 11.9 Å². The lowest BCUT2D eigenvalue weighted by Gasteiger charge is -2.31. The summed E-state index contributed by atoms with van der Waals surface area (Å²) >= 11 is 0. The summed E-state index contributed by atoms with van der Waals surface area (Å²) in [5.41, 5.74) is 1.38. The molecule has 1 saturated heterocycles. The molecule has 130 valence electrons. The van der Waals surface area contributed by atoms with Crippen molar-refractivity contribution in [2.45, 2.75) is 63.1 Å². The van der Waals surface area contributed by atoms with Gasteiger partial charge in [0.15, 0.2) is 5.78 Å². The van der Waals surface area contributed by atoms with Gasteiger partial charge >= 0.3 is 6.09 Å². The topological polar surface area (TPSA) is 66.8 Å². The molecule has 1 aromatic carbocycles. The van der Waals surface area contributed by atoms with Crippen LogP contribution in [0.3, 0.4) is 0 Å². The fraction of sp³-hybridized carbons (Fsp3) is 0.579. The van der Waals surface area contributed by atoms with Crippen molar-refractivity contribution in [2.24, 2.45) is 0 Å². The molecule has 2 atom stereocenters. The fourth-order valence-electron chi connectivity index (χ4n) is 4.00. The van der Waals surface area contributed by atoms with Gasteiger partial charge < -0.3 is 9.84 Å². The van der Waals surface area contributed by atoms with E-state index in [1.54, 1.807) is 6.92 Å². The van der Waals surface area contributed by atoms with Crippen LogP contribution in [0.2, 0.25) is 0 Å². The Morgan fingerprint density at radius 1 is 1.21 bits per heavy atom. The van der Waals surface area contributed by atoms with Gasteiger partial charge in [-0.15, -0.1) is 0 Å². The first-order valence-electron chi connectivity index (χ1n) is 8.76. The highest BCUT2D eigenvalue weighted by molar-refractivity contribution is 5.91. The van der Waals surface area contributed by atoms with Crippen molar-refractivity contribution < 1.29 is 19.4 Å². The predicted octanol–water partition coefficient (Wildman–Crippen LogP) is 3.44. The molecule has 0 bridgehead atoms. The van der Waals surface area contributed by atoms with E-state index in [0.717, 1.165) is 25.7 Å². The smallest absolute Gasteiger partial charge is 0.408 e. The molecule has 24 heavy (non-hydrogen) atoms. The number of amides is 1. The zero-order chi connectivity index (χ0) is 17.1. The average Bonchev–Trinajstić information content (AvgIpc) is 2.88. The van der Waals surface area contributed by atoms with Crippen LogP contribution in [0.15, 0.2) is 30.3 Å². The second-order valence-corrected chi connectivity index (χ2v) is 6.94. The molecule has 1 N–H and O–H groups in total. The molecule has 5 heteroatoms. The Morgan fingerprint density at radius 3 is 2.50 bits per heavy atom. The Labute approximate surface area is 142 Å². The highest BCUT2D eigenvalue weighted by Crippen LogP contribution is 2.34. The van der Waals surface area contributed by atoms with Gasteiger partial charge in [-0.05, 0) is 44.1 Å². The van der Waals surface area contributed by atoms with Crippen molar-refractivity contribution in [1.82, 2.24) is 4.90 Å². The van der Waals surface area contributed by atoms with E-state index < -0.39 is 12.1 Å². The maximum atomic E-state index is 12.0. The van der Waals surface area contributed by atoms with Gasteiger partial charge in [0.2, 0.25) is 0 Å². The molecule has 0 unspecified atom stereocenters. The molecule has 1 heterocycles. The van der Waals surface area contributed by atoms with Crippen molar-refractivity contribution in [2.75, 3.05) is 6.61 Å². The number of likely N-dealkylation sites (tertiary alicyclic amines) is 1. The number of nitrogens with zero attached hydrogens (tertiary/aromatic N) is 1. The molecule has 0 radical (unpaired) electrons. The van der Waals surface area contributed by atoms with Gasteiger partial charge in [-0.25, -0.2) is 4.79 Å². The maximum absolute atomic E-state index is 12.0. The zero-order valence-corrected chi connectivity index (χ0v) is 14.1. The fourth-order valence-corrected chi connectivity index (χ4v) is 4.00. The lowest BCUT2D eigenvalue weighted by Crippen LogP contribution is -2.44. The monoisotopic (exact) mass is 331 g/mol. The molecule has 0 spiro atoms. The molecule has 5 nitrogen and oxygen atoms in total. The van der Waals surface area contributed by atoms with Gasteiger partial charge in [-0.3, -0.25) is 9.69 Å². The largest absolute Gasteiger partial charge is 0.465 e. The number of ketones is 1. The van der Waals surface area contributed by atoms with Crippen LogP contribution in [0.25, 0.3) is 0 Å². The second-order valence-electron chi connectivity index (χ2n) is 6.94. The van der Waals surface area contributed by atoms with E-state index in [-0.39, 0.29) is 24.5 Å². The second kappa shape index (κ2) is 7.34. The Morgan fingerprint density at radius 2 is 1.88 bits per heavy atom. The Balaban J connectivity index is 1.50. The normalized spacial score (nSPS) is 30.5. The molecule has 1 aromatic rings. The third-order valence-electron chi connectivity index (χ3n) is 5.33. The van der Waals surface area contributed by atoms with Crippen LogP contribution in [-0.4, -0.2) is 46.7 Å². The molecule has 0 aromatic heterocycles. The molecular weight excluding hydrogens is 306 g/mol. The minimum atomic E-state index is -1.03. The average molecular weight is 331 g/mol. The summed E-state index contributed by atoms with van der Waals surface area (Å²) in [6, 6.07) is 9.65. The number of rotatable bonds is 4. The lowest BCUT2D eigenvalue weighted by atomic mass is 9.83. The van der Waals surface area contributed by atoms with E-state index in [1.807, 2.05) is 6.07 Å². The van der Waals surface area contributed by atoms with Crippen molar-refractivity contribution in [3.8, 4) is 0 Å². The zero-order valence-electron chi connectivity index (χ0n) is 14.1. The van der Waals surface area contributed by atoms with Crippen molar-refractivity contribution in [1.29, 1.82) is 0 Å². The van der Waals surface area contributed by atoms with Gasteiger partial charge in [0, 0.05) is 12.5 Å². The van der Waals surface area contributed by atoms with Gasteiger partial charge in [-0.1, -0.05) is 30.3 Å². The molecule has 1 aliphatic heterocycles. The van der Waals surface area contributed by atoms with E-state index in [2.05, 4.69) is 24.3 Å². The van der Waals surface area contributed by atoms with Crippen LogP contribution in [0.5, 0.6) is 0 Å². The number of carboxylic acid groups (broad SMARTS) is 1. The first kappa shape index (κ1) is 17.0. The summed E-state index contributed by atoms with van der Waals surface area (Å²) in [6.07, 6.45) is 3.46. The predicted molar refractivity (Wildman–Crippen MR) is 90.1 cm³/mol. The number of ether oxygens (including phenoxy) is 1. The molecule has 2 aliphatic rings. The van der Waals surface area contributed by atoms with Crippen molar-refractivity contribution in [3.05, 3.63) is 35.9 Å². The van der Waals surface area contributed by atoms with E-state index in [1.165, 1.54) is 10.5 Å². The van der Waals surface area contributed by atoms with Gasteiger partial charge in [-0.2, -0.15) is 0 Å². The maximum Gasteiger partial charge on any atom is 0.408 e. The third-order valence-corrected chi connectivity index (χ3v) is 5.33. The summed E-state index contributed by atoms with van der Waals surface area (Å²) in [4.78, 5) is 24.6. The first-order chi connectivity index (χ1) is 11.6. The minimum Gasteiger partial charge on any atom is -0.465 e. The Hall–Kier alpha value is -1.88. The number of benzene rings is 1. The minimum absolute atomic E-state index is 0.0251. The van der Waals surface area contributed by atoms with Crippen LogP contribution >= 0.6 is 0 Å². The van der Waals surface area contributed by atoms with E-state index in [4.69, 9.17) is 4.74 Å². The molecule has 2 fully saturated rings. The van der Waals surface area contributed by atoms with E-state index in [9.17, 15) is 14.7 Å². The number of carbonyl (C=O) groups excluding carboxylic acids is 1. The van der Waals surface area contributed by atoms with Crippen molar-refractivity contribution in [3.63, 3.8) is 0 Å². The highest BCUT2D eigenvalue weighted by Gasteiger charge is 2.41.